The topological polar surface area (TPSA) is 15.3 Å². The average molecular weight is 222 g/mol. The van der Waals surface area contributed by atoms with Gasteiger partial charge in [-0.1, -0.05) is 12.2 Å². The molecule has 2 aliphatic rings. The summed E-state index contributed by atoms with van der Waals surface area (Å²) in [5, 5.41) is 3.76. The lowest BCUT2D eigenvalue weighted by atomic mass is 9.94. The lowest BCUT2D eigenvalue weighted by Gasteiger charge is -2.23. The van der Waals surface area contributed by atoms with Crippen molar-refractivity contribution in [1.29, 1.82) is 0 Å². The number of hydrogen-bond donors (Lipinski definition) is 1. The molecule has 0 saturated carbocycles. The maximum Gasteiger partial charge on any atom is 0.0207 e. The molecule has 2 nitrogen and oxygen atoms in total. The first-order valence-corrected chi connectivity index (χ1v) is 6.88. The third-order valence-electron chi connectivity index (χ3n) is 4.02. The minimum absolute atomic E-state index is 0.712. The number of likely N-dealkylation sites (tertiary alicyclic amines) is 1. The van der Waals surface area contributed by atoms with E-state index in [1.807, 2.05) is 0 Å². The molecule has 0 aromatic rings. The molecule has 1 N–H and O–H groups in total. The van der Waals surface area contributed by atoms with Crippen molar-refractivity contribution >= 4 is 0 Å². The highest BCUT2D eigenvalue weighted by molar-refractivity contribution is 4.91. The van der Waals surface area contributed by atoms with E-state index < -0.39 is 0 Å². The van der Waals surface area contributed by atoms with Gasteiger partial charge in [0.25, 0.3) is 0 Å². The van der Waals surface area contributed by atoms with E-state index >= 15 is 0 Å². The van der Waals surface area contributed by atoms with Crippen molar-refractivity contribution in [3.63, 3.8) is 0 Å². The SMILES string of the molecule is CC(C)N1CCC(NCC2CC=CCC2)C1. The fraction of sp³-hybridized carbons (Fsp3) is 0.857. The normalized spacial score (nSPS) is 31.4. The maximum absolute atomic E-state index is 3.76. The number of nitrogens with zero attached hydrogens (tertiary/aromatic N) is 1. The summed E-state index contributed by atoms with van der Waals surface area (Å²) in [5.74, 6) is 0.887. The number of rotatable bonds is 4. The summed E-state index contributed by atoms with van der Waals surface area (Å²) < 4.78 is 0. The van der Waals surface area contributed by atoms with Gasteiger partial charge in [-0.3, -0.25) is 4.90 Å². The van der Waals surface area contributed by atoms with Gasteiger partial charge in [0.15, 0.2) is 0 Å². The Balaban J connectivity index is 1.65. The lowest BCUT2D eigenvalue weighted by Crippen LogP contribution is -2.37. The predicted molar refractivity (Wildman–Crippen MR) is 69.6 cm³/mol. The average Bonchev–Trinajstić information content (AvgIpc) is 2.76. The Morgan fingerprint density at radius 2 is 2.19 bits per heavy atom. The van der Waals surface area contributed by atoms with Crippen LogP contribution in [0.3, 0.4) is 0 Å². The second-order valence-electron chi connectivity index (χ2n) is 5.63. The molecule has 0 spiro atoms. The molecule has 1 aliphatic heterocycles. The molecule has 0 aromatic heterocycles. The summed E-state index contributed by atoms with van der Waals surface area (Å²) in [5.41, 5.74) is 0. The first-order valence-electron chi connectivity index (χ1n) is 6.88. The van der Waals surface area contributed by atoms with Crippen LogP contribution < -0.4 is 5.32 Å². The van der Waals surface area contributed by atoms with E-state index in [4.69, 9.17) is 0 Å². The zero-order valence-corrected chi connectivity index (χ0v) is 10.8. The summed E-state index contributed by atoms with van der Waals surface area (Å²) >= 11 is 0. The molecule has 1 fully saturated rings. The van der Waals surface area contributed by atoms with Crippen molar-refractivity contribution in [2.45, 2.75) is 51.6 Å². The lowest BCUT2D eigenvalue weighted by molar-refractivity contribution is 0.266. The van der Waals surface area contributed by atoms with Gasteiger partial charge in [-0.15, -0.1) is 0 Å². The Hall–Kier alpha value is -0.340. The Bertz CT molecular complexity index is 235. The standard InChI is InChI=1S/C14H26N2/c1-12(2)16-9-8-14(11-16)15-10-13-6-4-3-5-7-13/h3-4,12-15H,5-11H2,1-2H3. The predicted octanol–water partition coefficient (Wildman–Crippen LogP) is 2.42. The fourth-order valence-electron chi connectivity index (χ4n) is 2.80. The van der Waals surface area contributed by atoms with Crippen LogP contribution in [0.5, 0.6) is 0 Å². The van der Waals surface area contributed by atoms with Crippen LogP contribution in [0.15, 0.2) is 12.2 Å². The second kappa shape index (κ2) is 5.83. The summed E-state index contributed by atoms with van der Waals surface area (Å²) in [6.45, 7) is 8.35. The number of hydrogen-bond acceptors (Lipinski definition) is 2. The van der Waals surface area contributed by atoms with Crippen LogP contribution in [0.2, 0.25) is 0 Å². The van der Waals surface area contributed by atoms with Gasteiger partial charge in [-0.05, 0) is 58.5 Å². The minimum atomic E-state index is 0.712. The third-order valence-corrected chi connectivity index (χ3v) is 4.02. The van der Waals surface area contributed by atoms with Gasteiger partial charge in [-0.25, -0.2) is 0 Å². The van der Waals surface area contributed by atoms with Crippen LogP contribution in [-0.2, 0) is 0 Å². The molecule has 0 aromatic carbocycles. The van der Waals surface area contributed by atoms with Crippen LogP contribution >= 0.6 is 0 Å². The zero-order chi connectivity index (χ0) is 11.4. The van der Waals surface area contributed by atoms with Gasteiger partial charge < -0.3 is 5.32 Å². The van der Waals surface area contributed by atoms with Gasteiger partial charge >= 0.3 is 0 Å². The van der Waals surface area contributed by atoms with Gasteiger partial charge in [0, 0.05) is 18.6 Å². The smallest absolute Gasteiger partial charge is 0.0207 e. The largest absolute Gasteiger partial charge is 0.312 e. The fourth-order valence-corrected chi connectivity index (χ4v) is 2.80. The van der Waals surface area contributed by atoms with E-state index in [-0.39, 0.29) is 0 Å². The summed E-state index contributed by atoms with van der Waals surface area (Å²) in [7, 11) is 0. The molecule has 1 heterocycles. The summed E-state index contributed by atoms with van der Waals surface area (Å²) in [6.07, 6.45) is 9.96. The van der Waals surface area contributed by atoms with Gasteiger partial charge in [0.2, 0.25) is 0 Å². The Morgan fingerprint density at radius 3 is 2.81 bits per heavy atom. The number of nitrogens with one attached hydrogen (secondary N) is 1. The highest BCUT2D eigenvalue weighted by Gasteiger charge is 2.24. The minimum Gasteiger partial charge on any atom is -0.312 e. The van der Waals surface area contributed by atoms with Gasteiger partial charge in [0.05, 0.1) is 0 Å². The number of allylic oxidation sites excluding steroid dienone is 2. The second-order valence-corrected chi connectivity index (χ2v) is 5.63. The third kappa shape index (κ3) is 3.33. The molecule has 0 amide bonds. The highest BCUT2D eigenvalue weighted by Crippen LogP contribution is 2.18. The van der Waals surface area contributed by atoms with Crippen molar-refractivity contribution in [3.8, 4) is 0 Å². The molecule has 92 valence electrons. The molecule has 16 heavy (non-hydrogen) atoms. The highest BCUT2D eigenvalue weighted by atomic mass is 15.2. The monoisotopic (exact) mass is 222 g/mol. The maximum atomic E-state index is 3.76. The van der Waals surface area contributed by atoms with E-state index in [1.54, 1.807) is 0 Å². The summed E-state index contributed by atoms with van der Waals surface area (Å²) in [4.78, 5) is 2.58. The van der Waals surface area contributed by atoms with Crippen molar-refractivity contribution in [3.05, 3.63) is 12.2 Å². The molecule has 1 aliphatic carbocycles. The van der Waals surface area contributed by atoms with E-state index in [2.05, 4.69) is 36.2 Å². The van der Waals surface area contributed by atoms with E-state index in [1.165, 1.54) is 45.3 Å². The Kier molecular flexibility index (Phi) is 4.42. The van der Waals surface area contributed by atoms with E-state index in [0.717, 1.165) is 12.0 Å². The summed E-state index contributed by atoms with van der Waals surface area (Å²) in [6, 6.07) is 1.46. The quantitative estimate of drug-likeness (QED) is 0.735. The van der Waals surface area contributed by atoms with Crippen molar-refractivity contribution in [2.75, 3.05) is 19.6 Å². The van der Waals surface area contributed by atoms with Crippen LogP contribution in [0.25, 0.3) is 0 Å². The molecule has 0 bridgehead atoms. The molecule has 0 radical (unpaired) electrons. The molecule has 2 atom stereocenters. The molecule has 2 rings (SSSR count). The van der Waals surface area contributed by atoms with Crippen molar-refractivity contribution in [1.82, 2.24) is 10.2 Å². The van der Waals surface area contributed by atoms with Crippen LogP contribution in [0.4, 0.5) is 0 Å². The zero-order valence-electron chi connectivity index (χ0n) is 10.8. The molecule has 2 heteroatoms. The van der Waals surface area contributed by atoms with E-state index in [0.29, 0.717) is 6.04 Å². The Morgan fingerprint density at radius 1 is 1.31 bits per heavy atom. The molecular formula is C14H26N2. The Labute approximate surface area is 100 Å². The van der Waals surface area contributed by atoms with E-state index in [9.17, 15) is 0 Å². The van der Waals surface area contributed by atoms with Crippen molar-refractivity contribution < 1.29 is 0 Å². The first-order chi connectivity index (χ1) is 7.75. The van der Waals surface area contributed by atoms with Crippen LogP contribution in [0.1, 0.15) is 39.5 Å². The van der Waals surface area contributed by atoms with Crippen LogP contribution in [0, 0.1) is 5.92 Å². The molecule has 1 saturated heterocycles. The first kappa shape index (κ1) is 12.1. The van der Waals surface area contributed by atoms with Crippen LogP contribution in [-0.4, -0.2) is 36.6 Å². The van der Waals surface area contributed by atoms with Gasteiger partial charge in [0.1, 0.15) is 0 Å². The molecule has 2 unspecified atom stereocenters. The molecular weight excluding hydrogens is 196 g/mol. The van der Waals surface area contributed by atoms with Crippen molar-refractivity contribution in [2.24, 2.45) is 5.92 Å². The van der Waals surface area contributed by atoms with Gasteiger partial charge in [-0.2, -0.15) is 0 Å².